The van der Waals surface area contributed by atoms with Crippen molar-refractivity contribution in [2.75, 3.05) is 64.8 Å². The number of rotatable bonds is 24. The summed E-state index contributed by atoms with van der Waals surface area (Å²) in [7, 11) is -0.596. The molecule has 0 spiro atoms. The third kappa shape index (κ3) is 12.3. The van der Waals surface area contributed by atoms with Gasteiger partial charge in [0.15, 0.2) is 5.71 Å². The van der Waals surface area contributed by atoms with Crippen molar-refractivity contribution >= 4 is 51.1 Å². The number of allylic oxidation sites excluding steroid dienone is 4. The Balaban J connectivity index is 1.35. The Labute approximate surface area is 360 Å². The number of nitrogens with two attached hydrogens (primary N) is 2. The second kappa shape index (κ2) is 21.9. The second-order valence-corrected chi connectivity index (χ2v) is 18.8. The fourth-order valence-corrected chi connectivity index (χ4v) is 9.02. The first-order valence-corrected chi connectivity index (χ1v) is 22.9. The molecule has 0 aromatic heterocycles. The summed E-state index contributed by atoms with van der Waals surface area (Å²) in [5, 5.41) is 17.0. The maximum absolute atomic E-state index is 12.7. The molecule has 0 radical (unpaired) electrons. The Hall–Kier alpha value is -3.65. The highest BCUT2D eigenvalue weighted by molar-refractivity contribution is 7.94. The number of anilines is 1. The van der Waals surface area contributed by atoms with E-state index in [1.165, 1.54) is 6.07 Å². The van der Waals surface area contributed by atoms with E-state index < -0.39 is 21.6 Å². The molecular formula is C43H65N7O8S2. The molecule has 1 atom stereocenters. The van der Waals surface area contributed by atoms with Gasteiger partial charge in [-0.15, -0.1) is 0 Å². The number of amides is 2. The van der Waals surface area contributed by atoms with E-state index in [0.29, 0.717) is 26.1 Å². The molecule has 0 saturated carbocycles. The number of unbranched alkanes of at least 4 members (excludes halogenated alkanes) is 3. The van der Waals surface area contributed by atoms with Crippen molar-refractivity contribution < 1.29 is 41.8 Å². The van der Waals surface area contributed by atoms with Crippen LogP contribution < -0.4 is 26.9 Å². The number of hydrogen-bond acceptors (Lipinski definition) is 12. The summed E-state index contributed by atoms with van der Waals surface area (Å²) in [5.74, 6) is -0.0989. The summed E-state index contributed by atoms with van der Waals surface area (Å²) in [6, 6.07) is 10.0. The summed E-state index contributed by atoms with van der Waals surface area (Å²) >= 11 is 0.866. The zero-order chi connectivity index (χ0) is 44.3. The van der Waals surface area contributed by atoms with Crippen LogP contribution in [0.2, 0.25) is 0 Å². The molecule has 0 saturated heterocycles. The standard InChI is InChI=1S/C43H65N7O8S2/c1-8-49-36-21-19-31(59-58-57-53)28-33(36)42(2,3)38(49)16-14-17-39-43(4,5)34-29-32(60(54,55)56)20-22-37(34)50(39)27-11-9-10-18-40(51)46-23-15-25-47(6)24-12-13-26-48(7)41(52)35(45)30-44/h14,16-17,19-22,28-29,35H,8-13,15,18,23-27,30,44-45H2,1-7H3,(H2-,46,51,53,54,55,56). The van der Waals surface area contributed by atoms with E-state index in [-0.39, 0.29) is 28.7 Å². The molecule has 332 valence electrons. The SMILES string of the molecule is CCN1/C(=C/C=C/C2=[N+](CCCCCC(=O)NCCCN(C)CCCCN(C)C(=O)C(N)CN)c3ccc(S(=O)(=O)O)cc3C2(C)C)C(C)(C)c2cc(SOO[O-])ccc21. The van der Waals surface area contributed by atoms with E-state index in [9.17, 15) is 27.8 Å². The maximum Gasteiger partial charge on any atom is 0.294 e. The van der Waals surface area contributed by atoms with Gasteiger partial charge in [-0.1, -0.05) is 19.9 Å². The number of nitrogens with zero attached hydrogens (tertiary/aromatic N) is 4. The molecule has 2 aliphatic heterocycles. The van der Waals surface area contributed by atoms with Gasteiger partial charge in [0.1, 0.15) is 6.54 Å². The summed E-state index contributed by atoms with van der Waals surface area (Å²) < 4.78 is 41.0. The monoisotopic (exact) mass is 871 g/mol. The van der Waals surface area contributed by atoms with Crippen molar-refractivity contribution in [3.63, 3.8) is 0 Å². The van der Waals surface area contributed by atoms with Gasteiger partial charge < -0.3 is 36.7 Å². The van der Waals surface area contributed by atoms with Crippen molar-refractivity contribution in [3.05, 3.63) is 71.5 Å². The molecule has 15 nitrogen and oxygen atoms in total. The summed E-state index contributed by atoms with van der Waals surface area (Å²) in [6.45, 7) is 15.1. The van der Waals surface area contributed by atoms with Crippen LogP contribution in [-0.4, -0.2) is 111 Å². The van der Waals surface area contributed by atoms with E-state index in [2.05, 4.69) is 82.9 Å². The number of carbonyl (C=O) groups excluding carboxylic acids is 2. The number of likely N-dealkylation sites (N-methyl/N-ethyl adjacent to an activating group) is 2. The average molecular weight is 872 g/mol. The van der Waals surface area contributed by atoms with E-state index in [0.717, 1.165) is 109 Å². The molecule has 2 heterocycles. The van der Waals surface area contributed by atoms with Crippen molar-refractivity contribution in [2.24, 2.45) is 11.5 Å². The van der Waals surface area contributed by atoms with Gasteiger partial charge in [0.05, 0.1) is 28.4 Å². The van der Waals surface area contributed by atoms with Crippen LogP contribution >= 0.6 is 12.0 Å². The Kier molecular flexibility index (Phi) is 17.9. The summed E-state index contributed by atoms with van der Waals surface area (Å²) in [5.41, 5.74) is 16.2. The lowest BCUT2D eigenvalue weighted by molar-refractivity contribution is -0.777. The first-order chi connectivity index (χ1) is 28.4. The Bertz CT molecular complexity index is 2020. The van der Waals surface area contributed by atoms with Crippen LogP contribution in [0, 0.1) is 0 Å². The number of benzene rings is 2. The molecule has 2 amide bonds. The number of nitrogens with one attached hydrogen (secondary N) is 1. The van der Waals surface area contributed by atoms with Gasteiger partial charge in [-0.3, -0.25) is 19.2 Å². The zero-order valence-corrected chi connectivity index (χ0v) is 37.9. The van der Waals surface area contributed by atoms with E-state index in [1.54, 1.807) is 24.1 Å². The minimum Gasteiger partial charge on any atom is -0.691 e. The summed E-state index contributed by atoms with van der Waals surface area (Å²) in [6.07, 6.45) is 11.7. The van der Waals surface area contributed by atoms with E-state index >= 15 is 0 Å². The lowest BCUT2D eigenvalue weighted by atomic mass is 9.81. The predicted octanol–water partition coefficient (Wildman–Crippen LogP) is 4.32. The van der Waals surface area contributed by atoms with Gasteiger partial charge in [-0.2, -0.15) is 17.3 Å². The molecule has 2 aromatic rings. The molecular weight excluding hydrogens is 807 g/mol. The Morgan fingerprint density at radius 1 is 1.00 bits per heavy atom. The van der Waals surface area contributed by atoms with Crippen LogP contribution in [0.15, 0.2) is 70.1 Å². The van der Waals surface area contributed by atoms with Crippen LogP contribution in [-0.2, 0) is 39.9 Å². The molecule has 6 N–H and O–H groups in total. The van der Waals surface area contributed by atoms with Crippen LogP contribution in [0.3, 0.4) is 0 Å². The van der Waals surface area contributed by atoms with Crippen molar-refractivity contribution in [1.29, 1.82) is 0 Å². The van der Waals surface area contributed by atoms with Crippen molar-refractivity contribution in [1.82, 2.24) is 15.1 Å². The number of hydrogen-bond donors (Lipinski definition) is 4. The van der Waals surface area contributed by atoms with Gasteiger partial charge in [0.25, 0.3) is 10.1 Å². The highest BCUT2D eigenvalue weighted by Gasteiger charge is 2.45. The highest BCUT2D eigenvalue weighted by atomic mass is 32.2. The van der Waals surface area contributed by atoms with Crippen LogP contribution in [0.25, 0.3) is 0 Å². The van der Waals surface area contributed by atoms with Gasteiger partial charge in [0, 0.05) is 85.5 Å². The summed E-state index contributed by atoms with van der Waals surface area (Å²) in [4.78, 5) is 31.5. The Morgan fingerprint density at radius 3 is 2.40 bits per heavy atom. The van der Waals surface area contributed by atoms with Gasteiger partial charge in [0.2, 0.25) is 17.5 Å². The molecule has 60 heavy (non-hydrogen) atoms. The molecule has 17 heteroatoms. The topological polar surface area (TPSA) is 207 Å². The lowest BCUT2D eigenvalue weighted by Crippen LogP contribution is -2.46. The quantitative estimate of drug-likeness (QED) is 0.0290. The highest BCUT2D eigenvalue weighted by Crippen LogP contribution is 2.49. The third-order valence-electron chi connectivity index (χ3n) is 11.6. The first-order valence-electron chi connectivity index (χ1n) is 20.7. The predicted molar refractivity (Wildman–Crippen MR) is 234 cm³/mol. The molecule has 2 aromatic carbocycles. The largest absolute Gasteiger partial charge is 0.691 e. The van der Waals surface area contributed by atoms with Crippen LogP contribution in [0.4, 0.5) is 11.4 Å². The molecule has 4 rings (SSSR count). The van der Waals surface area contributed by atoms with Crippen LogP contribution in [0.5, 0.6) is 0 Å². The second-order valence-electron chi connectivity index (χ2n) is 16.6. The maximum atomic E-state index is 12.7. The normalized spacial score (nSPS) is 16.9. The van der Waals surface area contributed by atoms with Gasteiger partial charge >= 0.3 is 0 Å². The van der Waals surface area contributed by atoms with Gasteiger partial charge in [-0.05, 0) is 115 Å². The van der Waals surface area contributed by atoms with Gasteiger partial charge in [-0.25, -0.2) is 0 Å². The zero-order valence-electron chi connectivity index (χ0n) is 36.2. The first kappa shape index (κ1) is 49.0. The fraction of sp³-hybridized carbons (Fsp3) is 0.558. The van der Waals surface area contributed by atoms with E-state index in [4.69, 9.17) is 11.5 Å². The Morgan fingerprint density at radius 2 is 1.72 bits per heavy atom. The molecule has 0 bridgehead atoms. The third-order valence-corrected chi connectivity index (χ3v) is 13.0. The lowest BCUT2D eigenvalue weighted by Gasteiger charge is -2.25. The average Bonchev–Trinajstić information content (AvgIpc) is 3.56. The smallest absolute Gasteiger partial charge is 0.294 e. The molecule has 2 aliphatic rings. The number of carbonyl (C=O) groups is 2. The number of fused-ring (bicyclic) bond motifs is 2. The minimum absolute atomic E-state index is 0.0348. The molecule has 1 unspecified atom stereocenters. The van der Waals surface area contributed by atoms with Crippen LogP contribution in [0.1, 0.15) is 90.7 Å². The van der Waals surface area contributed by atoms with Crippen molar-refractivity contribution in [2.45, 2.75) is 106 Å². The van der Waals surface area contributed by atoms with Crippen molar-refractivity contribution in [3.8, 4) is 0 Å². The molecule has 0 aliphatic carbocycles. The molecule has 0 fully saturated rings. The van der Waals surface area contributed by atoms with E-state index in [1.807, 2.05) is 24.3 Å². The minimum atomic E-state index is -4.40. The fourth-order valence-electron chi connectivity index (χ4n) is 8.12.